The van der Waals surface area contributed by atoms with Gasteiger partial charge in [0.2, 0.25) is 5.88 Å². The third-order valence-electron chi connectivity index (χ3n) is 2.29. The van der Waals surface area contributed by atoms with Crippen molar-refractivity contribution in [3.8, 4) is 11.6 Å². The molecule has 0 unspecified atom stereocenters. The van der Waals surface area contributed by atoms with Crippen LogP contribution in [0.1, 0.15) is 5.82 Å². The van der Waals surface area contributed by atoms with Crippen molar-refractivity contribution in [2.75, 3.05) is 12.3 Å². The number of nitrogen functional groups attached to an aromatic ring is 1. The quantitative estimate of drug-likeness (QED) is 0.689. The summed E-state index contributed by atoms with van der Waals surface area (Å²) in [4.78, 5) is 17.4. The summed E-state index contributed by atoms with van der Waals surface area (Å²) in [6.07, 6.45) is 0.373. The van der Waals surface area contributed by atoms with E-state index in [4.69, 9.17) is 15.6 Å². The topological polar surface area (TPSA) is 101 Å². The van der Waals surface area contributed by atoms with Crippen LogP contribution in [-0.2, 0) is 6.42 Å². The third-order valence-corrected chi connectivity index (χ3v) is 2.29. The van der Waals surface area contributed by atoms with Gasteiger partial charge >= 0.3 is 0 Å². The maximum Gasteiger partial charge on any atom is 0.254 e. The van der Waals surface area contributed by atoms with Gasteiger partial charge < -0.3 is 20.6 Å². The SMILES string of the molecule is Nc1ccccc1OCCc1nc(O)cc(=O)[nH]1. The number of rotatable bonds is 4. The van der Waals surface area contributed by atoms with E-state index < -0.39 is 5.56 Å². The average molecular weight is 247 g/mol. The number of nitrogens with two attached hydrogens (primary N) is 1. The summed E-state index contributed by atoms with van der Waals surface area (Å²) in [6, 6.07) is 8.15. The van der Waals surface area contributed by atoms with E-state index in [-0.39, 0.29) is 5.88 Å². The summed E-state index contributed by atoms with van der Waals surface area (Å²) in [5, 5.41) is 9.16. The van der Waals surface area contributed by atoms with E-state index in [2.05, 4.69) is 9.97 Å². The highest BCUT2D eigenvalue weighted by Gasteiger charge is 2.02. The Morgan fingerprint density at radius 1 is 1.39 bits per heavy atom. The van der Waals surface area contributed by atoms with Gasteiger partial charge in [-0.3, -0.25) is 4.79 Å². The predicted octanol–water partition coefficient (Wildman–Crippen LogP) is 0.679. The lowest BCUT2D eigenvalue weighted by Gasteiger charge is -2.07. The van der Waals surface area contributed by atoms with E-state index in [9.17, 15) is 4.79 Å². The van der Waals surface area contributed by atoms with Crippen LogP contribution in [0.3, 0.4) is 0 Å². The Balaban J connectivity index is 1.96. The van der Waals surface area contributed by atoms with Crippen molar-refractivity contribution in [2.24, 2.45) is 0 Å². The zero-order valence-electron chi connectivity index (χ0n) is 9.59. The number of aromatic nitrogens is 2. The van der Waals surface area contributed by atoms with Crippen LogP contribution < -0.4 is 16.0 Å². The van der Waals surface area contributed by atoms with Crippen LogP contribution in [0.25, 0.3) is 0 Å². The predicted molar refractivity (Wildman–Crippen MR) is 66.6 cm³/mol. The summed E-state index contributed by atoms with van der Waals surface area (Å²) < 4.78 is 5.45. The molecule has 18 heavy (non-hydrogen) atoms. The van der Waals surface area contributed by atoms with E-state index in [1.165, 1.54) is 0 Å². The molecular weight excluding hydrogens is 234 g/mol. The number of anilines is 1. The maximum atomic E-state index is 11.1. The zero-order valence-corrected chi connectivity index (χ0v) is 9.59. The fraction of sp³-hybridized carbons (Fsp3) is 0.167. The number of H-pyrrole nitrogens is 1. The molecule has 0 atom stereocenters. The molecule has 6 heteroatoms. The van der Waals surface area contributed by atoms with Crippen molar-refractivity contribution in [1.82, 2.24) is 9.97 Å². The first-order valence-electron chi connectivity index (χ1n) is 5.41. The van der Waals surface area contributed by atoms with Gasteiger partial charge in [-0.2, -0.15) is 0 Å². The number of nitrogens with zero attached hydrogens (tertiary/aromatic N) is 1. The maximum absolute atomic E-state index is 11.1. The van der Waals surface area contributed by atoms with Crippen LogP contribution in [0, 0.1) is 0 Å². The second-order valence-electron chi connectivity index (χ2n) is 3.69. The number of aromatic hydroxyl groups is 1. The van der Waals surface area contributed by atoms with Gasteiger partial charge in [-0.05, 0) is 12.1 Å². The van der Waals surface area contributed by atoms with Crippen LogP contribution >= 0.6 is 0 Å². The van der Waals surface area contributed by atoms with Crippen molar-refractivity contribution in [1.29, 1.82) is 0 Å². The van der Waals surface area contributed by atoms with Gasteiger partial charge in [-0.15, -0.1) is 0 Å². The number of hydrogen-bond donors (Lipinski definition) is 3. The lowest BCUT2D eigenvalue weighted by molar-refractivity contribution is 0.319. The van der Waals surface area contributed by atoms with E-state index in [1.54, 1.807) is 12.1 Å². The summed E-state index contributed by atoms with van der Waals surface area (Å²) in [5.41, 5.74) is 5.87. The minimum atomic E-state index is -0.392. The monoisotopic (exact) mass is 247 g/mol. The molecule has 4 N–H and O–H groups in total. The highest BCUT2D eigenvalue weighted by atomic mass is 16.5. The minimum absolute atomic E-state index is 0.298. The molecule has 0 radical (unpaired) electrons. The highest BCUT2D eigenvalue weighted by molar-refractivity contribution is 5.51. The lowest BCUT2D eigenvalue weighted by atomic mass is 10.3. The largest absolute Gasteiger partial charge is 0.493 e. The van der Waals surface area contributed by atoms with Gasteiger partial charge in [0.25, 0.3) is 5.56 Å². The molecule has 94 valence electrons. The molecule has 0 spiro atoms. The summed E-state index contributed by atoms with van der Waals surface area (Å²) in [7, 11) is 0. The number of benzene rings is 1. The van der Waals surface area contributed by atoms with Crippen molar-refractivity contribution < 1.29 is 9.84 Å². The van der Waals surface area contributed by atoms with Crippen LogP contribution in [0.5, 0.6) is 11.6 Å². The Hall–Kier alpha value is -2.50. The minimum Gasteiger partial charge on any atom is -0.493 e. The van der Waals surface area contributed by atoms with Gasteiger partial charge in [0.15, 0.2) is 0 Å². The van der Waals surface area contributed by atoms with Crippen LogP contribution in [0.4, 0.5) is 5.69 Å². The normalized spacial score (nSPS) is 10.2. The number of hydrogen-bond acceptors (Lipinski definition) is 5. The average Bonchev–Trinajstić information content (AvgIpc) is 2.30. The highest BCUT2D eigenvalue weighted by Crippen LogP contribution is 2.19. The molecule has 0 aliphatic carbocycles. The molecule has 0 fully saturated rings. The van der Waals surface area contributed by atoms with Crippen molar-refractivity contribution in [2.45, 2.75) is 6.42 Å². The Morgan fingerprint density at radius 3 is 2.89 bits per heavy atom. The molecule has 1 aromatic heterocycles. The molecule has 1 heterocycles. The van der Waals surface area contributed by atoms with Crippen molar-refractivity contribution in [3.63, 3.8) is 0 Å². The number of aromatic amines is 1. The Bertz CT molecular complexity index is 595. The summed E-state index contributed by atoms with van der Waals surface area (Å²) in [5.74, 6) is 0.655. The molecule has 0 amide bonds. The first-order chi connectivity index (χ1) is 8.65. The van der Waals surface area contributed by atoms with E-state index in [0.717, 1.165) is 6.07 Å². The van der Waals surface area contributed by atoms with E-state index in [1.807, 2.05) is 12.1 Å². The molecule has 2 aromatic rings. The van der Waals surface area contributed by atoms with Gasteiger partial charge in [0.1, 0.15) is 11.6 Å². The number of nitrogens with one attached hydrogen (secondary N) is 1. The van der Waals surface area contributed by atoms with Crippen LogP contribution in [-0.4, -0.2) is 21.7 Å². The summed E-state index contributed by atoms with van der Waals surface area (Å²) >= 11 is 0. The lowest BCUT2D eigenvalue weighted by Crippen LogP contribution is -2.12. The number of para-hydroxylation sites is 2. The standard InChI is InChI=1S/C12H13N3O3/c13-8-3-1-2-4-9(8)18-6-5-10-14-11(16)7-12(17)15-10/h1-4,7H,5-6,13H2,(H2,14,15,16,17). The summed E-state index contributed by atoms with van der Waals surface area (Å²) in [6.45, 7) is 0.306. The molecule has 0 bridgehead atoms. The second-order valence-corrected chi connectivity index (χ2v) is 3.69. The molecule has 6 nitrogen and oxygen atoms in total. The molecule has 0 aliphatic heterocycles. The fourth-order valence-corrected chi connectivity index (χ4v) is 1.48. The first-order valence-corrected chi connectivity index (χ1v) is 5.41. The van der Waals surface area contributed by atoms with Crippen molar-refractivity contribution in [3.05, 3.63) is 46.5 Å². The van der Waals surface area contributed by atoms with E-state index in [0.29, 0.717) is 30.3 Å². The van der Waals surface area contributed by atoms with Crippen LogP contribution in [0.15, 0.2) is 35.1 Å². The Morgan fingerprint density at radius 2 is 2.17 bits per heavy atom. The van der Waals surface area contributed by atoms with Crippen molar-refractivity contribution >= 4 is 5.69 Å². The second kappa shape index (κ2) is 5.22. The first kappa shape index (κ1) is 12.0. The molecule has 2 rings (SSSR count). The van der Waals surface area contributed by atoms with Gasteiger partial charge in [0.05, 0.1) is 18.4 Å². The fourth-order valence-electron chi connectivity index (χ4n) is 1.48. The van der Waals surface area contributed by atoms with Gasteiger partial charge in [0, 0.05) is 6.42 Å². The van der Waals surface area contributed by atoms with Crippen LogP contribution in [0.2, 0.25) is 0 Å². The number of ether oxygens (including phenoxy) is 1. The molecule has 0 aliphatic rings. The van der Waals surface area contributed by atoms with Gasteiger partial charge in [-0.1, -0.05) is 12.1 Å². The molecular formula is C12H13N3O3. The smallest absolute Gasteiger partial charge is 0.254 e. The molecule has 0 saturated carbocycles. The molecule has 0 saturated heterocycles. The Labute approximate surface area is 103 Å². The Kier molecular flexibility index (Phi) is 3.47. The third kappa shape index (κ3) is 3.00. The van der Waals surface area contributed by atoms with Gasteiger partial charge in [-0.25, -0.2) is 4.98 Å². The zero-order chi connectivity index (χ0) is 13.0. The van der Waals surface area contributed by atoms with E-state index >= 15 is 0 Å². The molecule has 1 aromatic carbocycles.